The molecule has 0 aromatic carbocycles. The number of ether oxygens (including phenoxy) is 1. The van der Waals surface area contributed by atoms with Crippen molar-refractivity contribution in [3.8, 4) is 0 Å². The first-order valence-electron chi connectivity index (χ1n) is 7.81. The van der Waals surface area contributed by atoms with Gasteiger partial charge in [-0.15, -0.1) is 0 Å². The average molecular weight is 292 g/mol. The third-order valence-electron chi connectivity index (χ3n) is 4.10. The van der Waals surface area contributed by atoms with Crippen molar-refractivity contribution in [1.29, 1.82) is 0 Å². The first-order chi connectivity index (χ1) is 10.3. The van der Waals surface area contributed by atoms with Gasteiger partial charge >= 0.3 is 0 Å². The Hall–Kier alpha value is -1.63. The highest BCUT2D eigenvalue weighted by Gasteiger charge is 2.24. The summed E-state index contributed by atoms with van der Waals surface area (Å²) in [6.45, 7) is 6.48. The van der Waals surface area contributed by atoms with Gasteiger partial charge in [0.25, 0.3) is 0 Å². The Kier molecular flexibility index (Phi) is 4.38. The fourth-order valence-corrected chi connectivity index (χ4v) is 2.85. The number of hydrogen-bond donors (Lipinski definition) is 1. The predicted octanol–water partition coefficient (Wildman–Crippen LogP) is 1.13. The number of hydrogen-bond acceptors (Lipinski definition) is 7. The van der Waals surface area contributed by atoms with Gasteiger partial charge in [-0.05, 0) is 26.2 Å². The Morgan fingerprint density at radius 1 is 1.05 bits per heavy atom. The van der Waals surface area contributed by atoms with Crippen LogP contribution >= 0.6 is 0 Å². The van der Waals surface area contributed by atoms with Crippen molar-refractivity contribution in [2.45, 2.75) is 32.2 Å². The maximum atomic E-state index is 5.50. The molecule has 7 nitrogen and oxygen atoms in total. The largest absolute Gasteiger partial charge is 0.377 e. The van der Waals surface area contributed by atoms with Crippen LogP contribution in [0.4, 0.5) is 17.8 Å². The summed E-state index contributed by atoms with van der Waals surface area (Å²) in [5, 5.41) is 3.05. The van der Waals surface area contributed by atoms with Crippen molar-refractivity contribution in [3.05, 3.63) is 0 Å². The minimum atomic E-state index is 0.292. The van der Waals surface area contributed by atoms with Gasteiger partial charge in [0.05, 0.1) is 19.3 Å². The van der Waals surface area contributed by atoms with Crippen molar-refractivity contribution in [1.82, 2.24) is 15.0 Å². The third kappa shape index (κ3) is 3.18. The van der Waals surface area contributed by atoms with Crippen molar-refractivity contribution in [3.63, 3.8) is 0 Å². The van der Waals surface area contributed by atoms with E-state index >= 15 is 0 Å². The van der Waals surface area contributed by atoms with Crippen LogP contribution in [0.1, 0.15) is 26.2 Å². The molecule has 1 N–H and O–H groups in total. The van der Waals surface area contributed by atoms with E-state index in [-0.39, 0.29) is 0 Å². The lowest BCUT2D eigenvalue weighted by Crippen LogP contribution is -2.45. The van der Waals surface area contributed by atoms with Crippen LogP contribution in [0.25, 0.3) is 0 Å². The van der Waals surface area contributed by atoms with Crippen LogP contribution in [0, 0.1) is 0 Å². The molecule has 1 atom stereocenters. The first-order valence-corrected chi connectivity index (χ1v) is 7.81. The van der Waals surface area contributed by atoms with E-state index in [0.717, 1.165) is 44.7 Å². The Balaban J connectivity index is 1.88. The molecule has 2 aliphatic rings. The SMILES string of the molecule is CNc1nc(N2CCCCC2)nc(N2CCOCC2C)n1. The van der Waals surface area contributed by atoms with Gasteiger partial charge in [0, 0.05) is 26.7 Å². The highest BCUT2D eigenvalue weighted by molar-refractivity contribution is 5.46. The minimum Gasteiger partial charge on any atom is -0.377 e. The number of nitrogens with zero attached hydrogens (tertiary/aromatic N) is 5. The third-order valence-corrected chi connectivity index (χ3v) is 4.10. The lowest BCUT2D eigenvalue weighted by atomic mass is 10.1. The van der Waals surface area contributed by atoms with Gasteiger partial charge in [-0.2, -0.15) is 15.0 Å². The van der Waals surface area contributed by atoms with Crippen LogP contribution in [-0.4, -0.2) is 60.9 Å². The van der Waals surface area contributed by atoms with E-state index in [1.54, 1.807) is 0 Å². The van der Waals surface area contributed by atoms with Crippen LogP contribution in [0.5, 0.6) is 0 Å². The number of morpholine rings is 1. The second-order valence-electron chi connectivity index (χ2n) is 5.67. The van der Waals surface area contributed by atoms with E-state index < -0.39 is 0 Å². The monoisotopic (exact) mass is 292 g/mol. The molecule has 1 unspecified atom stereocenters. The van der Waals surface area contributed by atoms with E-state index in [1.165, 1.54) is 19.3 Å². The highest BCUT2D eigenvalue weighted by Crippen LogP contribution is 2.22. The Bertz CT molecular complexity index is 477. The van der Waals surface area contributed by atoms with Crippen LogP contribution in [0.15, 0.2) is 0 Å². The molecule has 21 heavy (non-hydrogen) atoms. The zero-order valence-corrected chi connectivity index (χ0v) is 12.9. The molecule has 2 saturated heterocycles. The number of nitrogens with one attached hydrogen (secondary N) is 1. The molecular weight excluding hydrogens is 268 g/mol. The number of anilines is 3. The van der Waals surface area contributed by atoms with Crippen molar-refractivity contribution >= 4 is 17.8 Å². The molecule has 0 saturated carbocycles. The molecular formula is C14H24N6O. The molecule has 3 heterocycles. The Labute approximate surface area is 125 Å². The molecule has 0 bridgehead atoms. The molecule has 2 aliphatic heterocycles. The molecule has 1 aromatic heterocycles. The van der Waals surface area contributed by atoms with E-state index in [2.05, 4.69) is 32.0 Å². The van der Waals surface area contributed by atoms with Gasteiger partial charge in [0.2, 0.25) is 17.8 Å². The zero-order chi connectivity index (χ0) is 14.7. The maximum Gasteiger partial charge on any atom is 0.232 e. The maximum absolute atomic E-state index is 5.50. The number of piperidine rings is 1. The predicted molar refractivity (Wildman–Crippen MR) is 83.1 cm³/mol. The van der Waals surface area contributed by atoms with Gasteiger partial charge in [0.15, 0.2) is 0 Å². The molecule has 0 aliphatic carbocycles. The average Bonchev–Trinajstić information content (AvgIpc) is 2.55. The lowest BCUT2D eigenvalue weighted by molar-refractivity contribution is 0.0981. The second-order valence-corrected chi connectivity index (χ2v) is 5.67. The van der Waals surface area contributed by atoms with Gasteiger partial charge in [-0.1, -0.05) is 0 Å². The first kappa shape index (κ1) is 14.3. The molecule has 7 heteroatoms. The molecule has 3 rings (SSSR count). The topological polar surface area (TPSA) is 66.4 Å². The number of aromatic nitrogens is 3. The summed E-state index contributed by atoms with van der Waals surface area (Å²) in [6.07, 6.45) is 3.72. The standard InChI is InChI=1S/C14H24N6O/c1-11-10-21-9-8-20(11)14-17-12(15-2)16-13(18-14)19-6-4-3-5-7-19/h11H,3-10H2,1-2H3,(H,15,16,17,18). The van der Waals surface area contributed by atoms with E-state index in [9.17, 15) is 0 Å². The normalized spacial score (nSPS) is 23.2. The van der Waals surface area contributed by atoms with Crippen molar-refractivity contribution in [2.75, 3.05) is 55.0 Å². The summed E-state index contributed by atoms with van der Waals surface area (Å²) in [5.41, 5.74) is 0. The van der Waals surface area contributed by atoms with Gasteiger partial charge in [-0.3, -0.25) is 0 Å². The zero-order valence-electron chi connectivity index (χ0n) is 12.9. The lowest BCUT2D eigenvalue weighted by Gasteiger charge is -2.34. The molecule has 1 aromatic rings. The smallest absolute Gasteiger partial charge is 0.232 e. The molecule has 116 valence electrons. The van der Waals surface area contributed by atoms with E-state index in [4.69, 9.17) is 9.72 Å². The molecule has 0 radical (unpaired) electrons. The second kappa shape index (κ2) is 6.43. The quantitative estimate of drug-likeness (QED) is 0.895. The summed E-state index contributed by atoms with van der Waals surface area (Å²) in [5.74, 6) is 2.19. The summed E-state index contributed by atoms with van der Waals surface area (Å²) < 4.78 is 5.50. The van der Waals surface area contributed by atoms with Gasteiger partial charge < -0.3 is 19.9 Å². The fourth-order valence-electron chi connectivity index (χ4n) is 2.85. The van der Waals surface area contributed by atoms with Crippen LogP contribution in [0.2, 0.25) is 0 Å². The summed E-state index contributed by atoms with van der Waals surface area (Å²) in [4.78, 5) is 18.2. The van der Waals surface area contributed by atoms with Gasteiger partial charge in [0.1, 0.15) is 0 Å². The van der Waals surface area contributed by atoms with Crippen LogP contribution in [0.3, 0.4) is 0 Å². The van der Waals surface area contributed by atoms with E-state index in [1.807, 2.05) is 7.05 Å². The van der Waals surface area contributed by atoms with Crippen molar-refractivity contribution in [2.24, 2.45) is 0 Å². The minimum absolute atomic E-state index is 0.292. The van der Waals surface area contributed by atoms with E-state index in [0.29, 0.717) is 12.0 Å². The Morgan fingerprint density at radius 3 is 2.52 bits per heavy atom. The molecule has 2 fully saturated rings. The Morgan fingerprint density at radius 2 is 1.81 bits per heavy atom. The molecule has 0 spiro atoms. The van der Waals surface area contributed by atoms with Crippen LogP contribution in [-0.2, 0) is 4.74 Å². The summed E-state index contributed by atoms with van der Waals surface area (Å²) >= 11 is 0. The van der Waals surface area contributed by atoms with Crippen LogP contribution < -0.4 is 15.1 Å². The molecule has 0 amide bonds. The van der Waals surface area contributed by atoms with Gasteiger partial charge in [-0.25, -0.2) is 0 Å². The summed E-state index contributed by atoms with van der Waals surface area (Å²) in [6, 6.07) is 0.292. The fraction of sp³-hybridized carbons (Fsp3) is 0.786. The highest BCUT2D eigenvalue weighted by atomic mass is 16.5. The van der Waals surface area contributed by atoms with Crippen molar-refractivity contribution < 1.29 is 4.74 Å². The number of rotatable bonds is 3. The summed E-state index contributed by atoms with van der Waals surface area (Å²) in [7, 11) is 1.85.